The molecule has 1 atom stereocenters. The van der Waals surface area contributed by atoms with Crippen LogP contribution in [0.25, 0.3) is 0 Å². The van der Waals surface area contributed by atoms with Gasteiger partial charge in [-0.2, -0.15) is 0 Å². The number of allylic oxidation sites excluding steroid dienone is 1. The van der Waals surface area contributed by atoms with Gasteiger partial charge in [0.05, 0.1) is 8.07 Å². The van der Waals surface area contributed by atoms with E-state index in [2.05, 4.69) is 41.3 Å². The van der Waals surface area contributed by atoms with Gasteiger partial charge in [-0.25, -0.2) is 0 Å². The first kappa shape index (κ1) is 7.54. The minimum absolute atomic E-state index is 0.740. The van der Waals surface area contributed by atoms with Crippen molar-refractivity contribution in [1.82, 2.24) is 0 Å². The smallest absolute Gasteiger partial charge is 0.0686 e. The van der Waals surface area contributed by atoms with Crippen molar-refractivity contribution in [2.75, 3.05) is 0 Å². The standard InChI is InChI=1S/C7H13BrSi/c1-9(2,3)5-6-4-7(6)8/h5,7H,4H2,1-3H3/b6-5-. The maximum atomic E-state index is 3.56. The molecular formula is C7H13BrSi. The van der Waals surface area contributed by atoms with Crippen molar-refractivity contribution in [2.24, 2.45) is 0 Å². The van der Waals surface area contributed by atoms with Crippen molar-refractivity contribution < 1.29 is 0 Å². The minimum Gasteiger partial charge on any atom is -0.0946 e. The Labute approximate surface area is 66.5 Å². The quantitative estimate of drug-likeness (QED) is 0.456. The topological polar surface area (TPSA) is 0 Å². The second-order valence-corrected chi connectivity index (χ2v) is 9.88. The highest BCUT2D eigenvalue weighted by molar-refractivity contribution is 9.09. The lowest BCUT2D eigenvalue weighted by molar-refractivity contribution is 1.55. The van der Waals surface area contributed by atoms with Crippen molar-refractivity contribution >= 4 is 24.0 Å². The summed E-state index contributed by atoms with van der Waals surface area (Å²) < 4.78 is 0. The highest BCUT2D eigenvalue weighted by Gasteiger charge is 2.28. The Morgan fingerprint density at radius 3 is 2.11 bits per heavy atom. The molecule has 1 saturated carbocycles. The molecule has 0 aromatic carbocycles. The summed E-state index contributed by atoms with van der Waals surface area (Å²) in [6.45, 7) is 7.12. The summed E-state index contributed by atoms with van der Waals surface area (Å²) in [6, 6.07) is 0. The van der Waals surface area contributed by atoms with Crippen LogP contribution in [-0.4, -0.2) is 12.9 Å². The predicted molar refractivity (Wildman–Crippen MR) is 48.8 cm³/mol. The molecule has 0 aromatic rings. The SMILES string of the molecule is C[Si](C)(C)/C=C1/CC1Br. The first-order chi connectivity index (χ1) is 3.99. The number of halogens is 1. The van der Waals surface area contributed by atoms with Gasteiger partial charge >= 0.3 is 0 Å². The van der Waals surface area contributed by atoms with E-state index in [0.717, 1.165) is 4.83 Å². The van der Waals surface area contributed by atoms with Crippen LogP contribution in [0.4, 0.5) is 0 Å². The van der Waals surface area contributed by atoms with Crippen LogP contribution in [0.3, 0.4) is 0 Å². The summed E-state index contributed by atoms with van der Waals surface area (Å²) in [4.78, 5) is 0.740. The van der Waals surface area contributed by atoms with E-state index in [1.165, 1.54) is 6.42 Å². The van der Waals surface area contributed by atoms with Crippen LogP contribution in [-0.2, 0) is 0 Å². The van der Waals surface area contributed by atoms with Crippen LogP contribution in [0.1, 0.15) is 6.42 Å². The van der Waals surface area contributed by atoms with E-state index in [1.54, 1.807) is 5.57 Å². The molecule has 52 valence electrons. The van der Waals surface area contributed by atoms with Gasteiger partial charge in [-0.05, 0) is 6.42 Å². The Kier molecular flexibility index (Phi) is 1.88. The molecular weight excluding hydrogens is 192 g/mol. The first-order valence-corrected chi connectivity index (χ1v) is 7.84. The largest absolute Gasteiger partial charge is 0.0946 e. The minimum atomic E-state index is -0.892. The summed E-state index contributed by atoms with van der Waals surface area (Å²) >= 11 is 3.56. The third-order valence-corrected chi connectivity index (χ3v) is 3.42. The molecule has 0 heterocycles. The Hall–Kier alpha value is 0.437. The molecule has 0 bridgehead atoms. The molecule has 0 nitrogen and oxygen atoms in total. The van der Waals surface area contributed by atoms with E-state index in [1.807, 2.05) is 0 Å². The van der Waals surface area contributed by atoms with E-state index < -0.39 is 8.07 Å². The lowest BCUT2D eigenvalue weighted by atomic mass is 10.7. The Balaban J connectivity index is 2.51. The predicted octanol–water partition coefficient (Wildman–Crippen LogP) is 2.96. The third kappa shape index (κ3) is 2.67. The molecule has 1 rings (SSSR count). The summed E-state index contributed by atoms with van der Waals surface area (Å²) in [5.41, 5.74) is 4.13. The van der Waals surface area contributed by atoms with Crippen molar-refractivity contribution in [1.29, 1.82) is 0 Å². The van der Waals surface area contributed by atoms with Crippen molar-refractivity contribution in [2.45, 2.75) is 30.9 Å². The monoisotopic (exact) mass is 204 g/mol. The van der Waals surface area contributed by atoms with Gasteiger partial charge in [0.15, 0.2) is 0 Å². The molecule has 0 amide bonds. The van der Waals surface area contributed by atoms with Gasteiger partial charge < -0.3 is 0 Å². The molecule has 0 aromatic heterocycles. The fourth-order valence-corrected chi connectivity index (χ4v) is 3.03. The molecule has 0 radical (unpaired) electrons. The zero-order valence-corrected chi connectivity index (χ0v) is 8.83. The first-order valence-electron chi connectivity index (χ1n) is 3.35. The molecule has 1 aliphatic carbocycles. The lowest BCUT2D eigenvalue weighted by Crippen LogP contribution is -2.15. The number of rotatable bonds is 1. The molecule has 0 N–H and O–H groups in total. The van der Waals surface area contributed by atoms with Crippen molar-refractivity contribution in [3.63, 3.8) is 0 Å². The van der Waals surface area contributed by atoms with Gasteiger partial charge in [0, 0.05) is 4.83 Å². The molecule has 0 saturated heterocycles. The highest BCUT2D eigenvalue weighted by Crippen LogP contribution is 2.37. The Bertz CT molecular complexity index is 143. The van der Waals surface area contributed by atoms with Gasteiger partial charge in [-0.1, -0.05) is 46.8 Å². The summed E-state index contributed by atoms with van der Waals surface area (Å²) in [5.74, 6) is 0. The van der Waals surface area contributed by atoms with Crippen LogP contribution in [0.2, 0.25) is 19.6 Å². The van der Waals surface area contributed by atoms with Crippen LogP contribution in [0, 0.1) is 0 Å². The second-order valence-electron chi connectivity index (χ2n) is 3.76. The van der Waals surface area contributed by atoms with E-state index in [9.17, 15) is 0 Å². The van der Waals surface area contributed by atoms with Crippen LogP contribution in [0.5, 0.6) is 0 Å². The van der Waals surface area contributed by atoms with Crippen LogP contribution in [0.15, 0.2) is 11.3 Å². The average Bonchev–Trinajstić information content (AvgIpc) is 2.13. The van der Waals surface area contributed by atoms with E-state index in [-0.39, 0.29) is 0 Å². The number of hydrogen-bond acceptors (Lipinski definition) is 0. The van der Waals surface area contributed by atoms with Crippen molar-refractivity contribution in [3.05, 3.63) is 11.3 Å². The summed E-state index contributed by atoms with van der Waals surface area (Å²) in [6.07, 6.45) is 1.30. The van der Waals surface area contributed by atoms with Gasteiger partial charge in [0.1, 0.15) is 0 Å². The van der Waals surface area contributed by atoms with Gasteiger partial charge in [0.2, 0.25) is 0 Å². The third-order valence-electron chi connectivity index (χ3n) is 1.28. The number of hydrogen-bond donors (Lipinski definition) is 0. The van der Waals surface area contributed by atoms with Gasteiger partial charge in [-0.3, -0.25) is 0 Å². The van der Waals surface area contributed by atoms with E-state index in [4.69, 9.17) is 0 Å². The molecule has 0 aliphatic heterocycles. The maximum absolute atomic E-state index is 3.56. The zero-order chi connectivity index (χ0) is 7.07. The molecule has 9 heavy (non-hydrogen) atoms. The van der Waals surface area contributed by atoms with E-state index in [0.29, 0.717) is 0 Å². The average molecular weight is 205 g/mol. The normalized spacial score (nSPS) is 31.1. The molecule has 1 fully saturated rings. The molecule has 1 aliphatic rings. The van der Waals surface area contributed by atoms with Gasteiger partial charge in [0.25, 0.3) is 0 Å². The lowest BCUT2D eigenvalue weighted by Gasteiger charge is -2.06. The van der Waals surface area contributed by atoms with Gasteiger partial charge in [-0.15, -0.1) is 0 Å². The summed E-state index contributed by atoms with van der Waals surface area (Å²) in [5, 5.41) is 0. The number of alkyl halides is 1. The maximum Gasteiger partial charge on any atom is 0.0686 e. The summed E-state index contributed by atoms with van der Waals surface area (Å²) in [7, 11) is -0.892. The molecule has 2 heteroatoms. The molecule has 1 unspecified atom stereocenters. The highest BCUT2D eigenvalue weighted by atomic mass is 79.9. The Morgan fingerprint density at radius 1 is 1.56 bits per heavy atom. The zero-order valence-electron chi connectivity index (χ0n) is 6.24. The Morgan fingerprint density at radius 2 is 2.00 bits per heavy atom. The van der Waals surface area contributed by atoms with Crippen molar-refractivity contribution in [3.8, 4) is 0 Å². The second kappa shape index (κ2) is 2.24. The van der Waals surface area contributed by atoms with Crippen LogP contribution < -0.4 is 0 Å². The van der Waals surface area contributed by atoms with E-state index >= 15 is 0 Å². The molecule has 0 spiro atoms. The fourth-order valence-electron chi connectivity index (χ4n) is 0.854. The fraction of sp³-hybridized carbons (Fsp3) is 0.714. The van der Waals surface area contributed by atoms with Crippen LogP contribution >= 0.6 is 15.9 Å².